The van der Waals surface area contributed by atoms with E-state index >= 15 is 0 Å². The molecule has 0 bridgehead atoms. The molecule has 7 nitrogen and oxygen atoms in total. The fourth-order valence-corrected chi connectivity index (χ4v) is 3.61. The maximum Gasteiger partial charge on any atom is 0.344 e. The molecule has 3 aromatic carbocycles. The molecular weight excluding hydrogens is 432 g/mol. The van der Waals surface area contributed by atoms with Crippen molar-refractivity contribution in [1.29, 1.82) is 0 Å². The van der Waals surface area contributed by atoms with Gasteiger partial charge in [0.05, 0.1) is 0 Å². The summed E-state index contributed by atoms with van der Waals surface area (Å²) >= 11 is 0. The lowest BCUT2D eigenvalue weighted by Gasteiger charge is -2.18. The minimum atomic E-state index is -1.08. The van der Waals surface area contributed by atoms with Crippen LogP contribution in [-0.4, -0.2) is 28.4 Å². The number of carboxylic acids is 1. The molecule has 0 radical (unpaired) electrons. The first kappa shape index (κ1) is 22.9. The molecule has 3 unspecified atom stereocenters. The number of carbonyl (C=O) groups is 2. The van der Waals surface area contributed by atoms with E-state index in [0.717, 1.165) is 11.1 Å². The number of aldehydes is 1. The maximum absolute atomic E-state index is 12.2. The highest BCUT2D eigenvalue weighted by Crippen LogP contribution is 2.37. The number of hydrogen-bond acceptors (Lipinski definition) is 6. The molecule has 0 saturated carbocycles. The van der Waals surface area contributed by atoms with Crippen molar-refractivity contribution in [2.24, 2.45) is 5.73 Å². The lowest BCUT2D eigenvalue weighted by atomic mass is 9.94. The summed E-state index contributed by atoms with van der Waals surface area (Å²) < 4.78 is 11.6. The molecule has 4 aromatic rings. The maximum atomic E-state index is 12.2. The number of nitrogens with two attached hydrogens (primary N) is 1. The number of benzene rings is 3. The largest absolute Gasteiger partial charge is 0.479 e. The number of nitrogens with zero attached hydrogens (tertiary/aromatic N) is 1. The number of oxazole rings is 1. The van der Waals surface area contributed by atoms with Crippen LogP contribution in [0.1, 0.15) is 30.3 Å². The second kappa shape index (κ2) is 10.1. The van der Waals surface area contributed by atoms with Gasteiger partial charge in [0.1, 0.15) is 23.6 Å². The van der Waals surface area contributed by atoms with Crippen LogP contribution < -0.4 is 10.5 Å². The lowest BCUT2D eigenvalue weighted by molar-refractivity contribution is -0.144. The van der Waals surface area contributed by atoms with Crippen LogP contribution in [0.5, 0.6) is 5.75 Å². The zero-order valence-corrected chi connectivity index (χ0v) is 18.5. The quantitative estimate of drug-likeness (QED) is 0.346. The third kappa shape index (κ3) is 4.89. The van der Waals surface area contributed by atoms with Crippen LogP contribution in [0.15, 0.2) is 89.3 Å². The number of aromatic nitrogens is 1. The number of rotatable bonds is 9. The van der Waals surface area contributed by atoms with Gasteiger partial charge in [-0.3, -0.25) is 0 Å². The molecule has 0 amide bonds. The van der Waals surface area contributed by atoms with Gasteiger partial charge in [-0.15, -0.1) is 0 Å². The Morgan fingerprint density at radius 3 is 2.26 bits per heavy atom. The molecular formula is C27H24N2O5. The first-order valence-corrected chi connectivity index (χ1v) is 10.8. The standard InChI is InChI=1S/C27H24N2O5/c1-17(27(31)32)33-21-14-8-13-20(15-21)23(28)22(16-30)26-29-24(18-9-4-2-5-10-18)25(34-26)19-11-6-3-7-12-19/h2-17,22-23H,28H2,1H3,(H,31,32). The average Bonchev–Trinajstić information content (AvgIpc) is 3.30. The van der Waals surface area contributed by atoms with Gasteiger partial charge in [0.15, 0.2) is 11.9 Å². The van der Waals surface area contributed by atoms with Crippen LogP contribution in [-0.2, 0) is 9.59 Å². The molecule has 7 heteroatoms. The molecule has 1 aromatic heterocycles. The van der Waals surface area contributed by atoms with Gasteiger partial charge in [0.25, 0.3) is 0 Å². The van der Waals surface area contributed by atoms with E-state index in [4.69, 9.17) is 20.0 Å². The highest BCUT2D eigenvalue weighted by molar-refractivity contribution is 5.77. The zero-order chi connectivity index (χ0) is 24.1. The van der Waals surface area contributed by atoms with Crippen LogP contribution in [0.25, 0.3) is 22.6 Å². The second-order valence-corrected chi connectivity index (χ2v) is 7.82. The Morgan fingerprint density at radius 1 is 1.00 bits per heavy atom. The highest BCUT2D eigenvalue weighted by atomic mass is 16.5. The average molecular weight is 456 g/mol. The van der Waals surface area contributed by atoms with E-state index in [2.05, 4.69) is 4.98 Å². The van der Waals surface area contributed by atoms with Crippen molar-refractivity contribution in [3.05, 3.63) is 96.4 Å². The summed E-state index contributed by atoms with van der Waals surface area (Å²) in [4.78, 5) is 28.0. The van der Waals surface area contributed by atoms with Crippen molar-refractivity contribution in [3.8, 4) is 28.3 Å². The summed E-state index contributed by atoms with van der Waals surface area (Å²) in [6, 6.07) is 25.0. The molecule has 0 saturated heterocycles. The van der Waals surface area contributed by atoms with E-state index in [1.54, 1.807) is 24.3 Å². The van der Waals surface area contributed by atoms with Gasteiger partial charge in [-0.05, 0) is 24.6 Å². The lowest BCUT2D eigenvalue weighted by Crippen LogP contribution is -2.24. The summed E-state index contributed by atoms with van der Waals surface area (Å²) in [7, 11) is 0. The van der Waals surface area contributed by atoms with E-state index in [1.165, 1.54) is 6.92 Å². The predicted octanol–water partition coefficient (Wildman–Crippen LogP) is 4.84. The Morgan fingerprint density at radius 2 is 1.65 bits per heavy atom. The minimum Gasteiger partial charge on any atom is -0.479 e. The van der Waals surface area contributed by atoms with Gasteiger partial charge in [-0.1, -0.05) is 72.8 Å². The molecule has 4 rings (SSSR count). The van der Waals surface area contributed by atoms with Crippen molar-refractivity contribution in [2.75, 3.05) is 0 Å². The van der Waals surface area contributed by atoms with E-state index < -0.39 is 24.0 Å². The molecule has 0 fully saturated rings. The van der Waals surface area contributed by atoms with E-state index in [-0.39, 0.29) is 5.89 Å². The molecule has 3 atom stereocenters. The van der Waals surface area contributed by atoms with Crippen molar-refractivity contribution >= 4 is 12.3 Å². The van der Waals surface area contributed by atoms with Gasteiger partial charge >= 0.3 is 5.97 Å². The fraction of sp³-hybridized carbons (Fsp3) is 0.148. The Kier molecular flexibility index (Phi) is 6.85. The number of ether oxygens (including phenoxy) is 1. The number of aliphatic carboxylic acids is 1. The molecule has 3 N–H and O–H groups in total. The van der Waals surface area contributed by atoms with Gasteiger partial charge in [-0.2, -0.15) is 0 Å². The van der Waals surface area contributed by atoms with E-state index in [0.29, 0.717) is 29.1 Å². The van der Waals surface area contributed by atoms with Crippen LogP contribution in [0.3, 0.4) is 0 Å². The Balaban J connectivity index is 1.71. The Labute approximate surface area is 196 Å². The summed E-state index contributed by atoms with van der Waals surface area (Å²) in [5.74, 6) is -0.859. The number of carbonyl (C=O) groups excluding carboxylic acids is 1. The second-order valence-electron chi connectivity index (χ2n) is 7.82. The Bertz CT molecular complexity index is 1210. The van der Waals surface area contributed by atoms with Crippen LogP contribution >= 0.6 is 0 Å². The SMILES string of the molecule is CC(Oc1cccc(C(N)C(C=O)c2nc(-c3ccccc3)c(-c3ccccc3)o2)c1)C(=O)O. The topological polar surface area (TPSA) is 116 Å². The summed E-state index contributed by atoms with van der Waals surface area (Å²) in [5.41, 5.74) is 9.37. The van der Waals surface area contributed by atoms with Gasteiger partial charge in [0.2, 0.25) is 5.89 Å². The molecule has 0 aliphatic carbocycles. The summed E-state index contributed by atoms with van der Waals surface area (Å²) in [6.07, 6.45) is -0.310. The molecule has 0 spiro atoms. The van der Waals surface area contributed by atoms with Gasteiger partial charge in [0, 0.05) is 17.2 Å². The summed E-state index contributed by atoms with van der Waals surface area (Å²) in [5, 5.41) is 9.10. The third-order valence-electron chi connectivity index (χ3n) is 5.45. The predicted molar refractivity (Wildman–Crippen MR) is 127 cm³/mol. The number of carboxylic acid groups (broad SMARTS) is 1. The van der Waals surface area contributed by atoms with Crippen LogP contribution in [0, 0.1) is 0 Å². The smallest absolute Gasteiger partial charge is 0.344 e. The van der Waals surface area contributed by atoms with Crippen LogP contribution in [0.2, 0.25) is 0 Å². The molecule has 1 heterocycles. The minimum absolute atomic E-state index is 0.199. The molecule has 0 aliphatic heterocycles. The van der Waals surface area contributed by atoms with Crippen molar-refractivity contribution in [1.82, 2.24) is 4.98 Å². The van der Waals surface area contributed by atoms with Gasteiger partial charge < -0.3 is 24.8 Å². The zero-order valence-electron chi connectivity index (χ0n) is 18.5. The number of hydrogen-bond donors (Lipinski definition) is 2. The van der Waals surface area contributed by atoms with Crippen molar-refractivity contribution in [3.63, 3.8) is 0 Å². The van der Waals surface area contributed by atoms with Gasteiger partial charge in [-0.25, -0.2) is 9.78 Å². The first-order valence-electron chi connectivity index (χ1n) is 10.8. The van der Waals surface area contributed by atoms with E-state index in [1.807, 2.05) is 60.7 Å². The summed E-state index contributed by atoms with van der Waals surface area (Å²) in [6.45, 7) is 1.44. The highest BCUT2D eigenvalue weighted by Gasteiger charge is 2.29. The molecule has 34 heavy (non-hydrogen) atoms. The Hall–Kier alpha value is -4.23. The monoisotopic (exact) mass is 456 g/mol. The third-order valence-corrected chi connectivity index (χ3v) is 5.45. The molecule has 0 aliphatic rings. The fourth-order valence-electron chi connectivity index (χ4n) is 3.61. The first-order chi connectivity index (χ1) is 16.5. The normalized spacial score (nSPS) is 13.6. The van der Waals surface area contributed by atoms with Crippen molar-refractivity contribution in [2.45, 2.75) is 25.0 Å². The molecule has 172 valence electrons. The van der Waals surface area contributed by atoms with Crippen molar-refractivity contribution < 1.29 is 23.8 Å². The van der Waals surface area contributed by atoms with Crippen LogP contribution in [0.4, 0.5) is 0 Å². The van der Waals surface area contributed by atoms with E-state index in [9.17, 15) is 9.59 Å².